The van der Waals surface area contributed by atoms with Gasteiger partial charge in [-0.25, -0.2) is 0 Å². The lowest BCUT2D eigenvalue weighted by Gasteiger charge is -2.41. The molecule has 0 radical (unpaired) electrons. The Balaban J connectivity index is 1.19. The lowest BCUT2D eigenvalue weighted by Crippen LogP contribution is -2.67. The Labute approximate surface area is 296 Å². The number of carbonyl (C=O) groups excluding carboxylic acids is 1. The van der Waals surface area contributed by atoms with Gasteiger partial charge >= 0.3 is 0 Å². The van der Waals surface area contributed by atoms with Crippen molar-refractivity contribution in [3.05, 3.63) is 68.7 Å². The summed E-state index contributed by atoms with van der Waals surface area (Å²) in [4.78, 5) is 17.6. The summed E-state index contributed by atoms with van der Waals surface area (Å²) in [5.41, 5.74) is 1.54. The number of benzene rings is 2. The number of phenols is 1. The summed E-state index contributed by atoms with van der Waals surface area (Å²) in [5.74, 6) is -0.761. The van der Waals surface area contributed by atoms with Gasteiger partial charge in [-0.05, 0) is 61.4 Å². The standard InChI is InChI=1S/C33H38Cl2N2O13/c1-14(6-7-46-29-17(12-36-45-3)10-18(34)11-19(29)35)28-26(42)27(43)33(50-28)49-21-5-4-16(9-20(21)38)8-15(2)32(44)37-22-23(39)25(41)31-30(24(22)40)47-13-48-31/h4-6,8-12,22-28,30-31,33,38-43H,7,13H2,1-3H3,(H,37,44)/t22-,23+,24-,25-,26+,27+,28-,30+,31-,33-/m1/s1. The van der Waals surface area contributed by atoms with E-state index in [4.69, 9.17) is 51.7 Å². The largest absolute Gasteiger partial charge is 0.504 e. The van der Waals surface area contributed by atoms with E-state index in [-0.39, 0.29) is 35.5 Å². The van der Waals surface area contributed by atoms with Crippen LogP contribution in [0.5, 0.6) is 17.2 Å². The van der Waals surface area contributed by atoms with Crippen LogP contribution >= 0.6 is 23.2 Å². The van der Waals surface area contributed by atoms with Gasteiger partial charge in [-0.2, -0.15) is 0 Å². The lowest BCUT2D eigenvalue weighted by molar-refractivity contribution is -0.155. The summed E-state index contributed by atoms with van der Waals surface area (Å²) >= 11 is 12.4. The van der Waals surface area contributed by atoms with Crippen LogP contribution in [0.15, 0.2) is 52.7 Å². The summed E-state index contributed by atoms with van der Waals surface area (Å²) in [7, 11) is 1.39. The number of nitrogens with zero attached hydrogens (tertiary/aromatic N) is 1. The number of fused-ring (bicyclic) bond motifs is 1. The molecule has 272 valence electrons. The Morgan fingerprint density at radius 2 is 1.72 bits per heavy atom. The van der Waals surface area contributed by atoms with Gasteiger partial charge < -0.3 is 64.5 Å². The molecule has 1 aliphatic carbocycles. The van der Waals surface area contributed by atoms with E-state index < -0.39 is 67.1 Å². The number of aliphatic hydroxyl groups is 5. The van der Waals surface area contributed by atoms with Crippen LogP contribution in [0.3, 0.4) is 0 Å². The van der Waals surface area contributed by atoms with Crippen LogP contribution in [-0.2, 0) is 23.8 Å². The molecule has 0 bridgehead atoms. The average molecular weight is 742 g/mol. The fraction of sp³-hybridized carbons (Fsp3) is 0.455. The molecule has 2 aliphatic heterocycles. The van der Waals surface area contributed by atoms with E-state index in [1.165, 1.54) is 50.6 Å². The first-order valence-electron chi connectivity index (χ1n) is 15.4. The van der Waals surface area contributed by atoms with E-state index in [0.29, 0.717) is 27.5 Å². The number of rotatable bonds is 11. The topological polar surface area (TPSA) is 218 Å². The molecule has 0 unspecified atom stereocenters. The molecular formula is C33H38Cl2N2O13. The maximum absolute atomic E-state index is 12.9. The number of halogens is 2. The summed E-state index contributed by atoms with van der Waals surface area (Å²) in [6.45, 7) is 3.01. The highest BCUT2D eigenvalue weighted by atomic mass is 35.5. The molecule has 17 heteroatoms. The third-order valence-electron chi connectivity index (χ3n) is 8.50. The van der Waals surface area contributed by atoms with Crippen molar-refractivity contribution in [2.24, 2.45) is 5.16 Å². The van der Waals surface area contributed by atoms with Gasteiger partial charge in [0.1, 0.15) is 75.1 Å². The van der Waals surface area contributed by atoms with E-state index >= 15 is 0 Å². The number of hydrogen-bond donors (Lipinski definition) is 7. The number of ether oxygens (including phenoxy) is 5. The van der Waals surface area contributed by atoms with E-state index in [1.807, 2.05) is 0 Å². The first kappa shape index (κ1) is 37.8. The monoisotopic (exact) mass is 740 g/mol. The second kappa shape index (κ2) is 16.2. The molecular weight excluding hydrogens is 703 g/mol. The van der Waals surface area contributed by atoms with Crippen molar-refractivity contribution in [1.29, 1.82) is 0 Å². The second-order valence-electron chi connectivity index (χ2n) is 11.9. The number of amides is 1. The summed E-state index contributed by atoms with van der Waals surface area (Å²) in [5, 5.41) is 70.4. The van der Waals surface area contributed by atoms with Crippen molar-refractivity contribution in [3.8, 4) is 17.2 Å². The highest BCUT2D eigenvalue weighted by molar-refractivity contribution is 6.36. The number of carbonyl (C=O) groups is 1. The number of nitrogens with one attached hydrogen (secondary N) is 1. The predicted molar refractivity (Wildman–Crippen MR) is 178 cm³/mol. The fourth-order valence-electron chi connectivity index (χ4n) is 5.82. The molecule has 2 aromatic rings. The van der Waals surface area contributed by atoms with Gasteiger partial charge in [-0.15, -0.1) is 0 Å². The number of aromatic hydroxyl groups is 1. The minimum atomic E-state index is -1.51. The lowest BCUT2D eigenvalue weighted by atomic mass is 9.83. The molecule has 7 N–H and O–H groups in total. The predicted octanol–water partition coefficient (Wildman–Crippen LogP) is 1.26. The fourth-order valence-corrected chi connectivity index (χ4v) is 6.38. The van der Waals surface area contributed by atoms with Gasteiger partial charge in [0.25, 0.3) is 0 Å². The molecule has 5 rings (SSSR count). The van der Waals surface area contributed by atoms with Crippen molar-refractivity contribution in [2.45, 2.75) is 75.0 Å². The van der Waals surface area contributed by atoms with Crippen LogP contribution in [0.1, 0.15) is 25.0 Å². The Morgan fingerprint density at radius 3 is 2.42 bits per heavy atom. The van der Waals surface area contributed by atoms with Gasteiger partial charge in [0.05, 0.1) is 17.3 Å². The normalized spacial score (nSPS) is 31.5. The van der Waals surface area contributed by atoms with E-state index in [2.05, 4.69) is 10.5 Å². The molecule has 3 fully saturated rings. The third-order valence-corrected chi connectivity index (χ3v) is 9.00. The zero-order valence-electron chi connectivity index (χ0n) is 27.1. The Morgan fingerprint density at radius 1 is 1.00 bits per heavy atom. The summed E-state index contributed by atoms with van der Waals surface area (Å²) < 4.78 is 27.8. The SMILES string of the molecule is CON=Cc1cc(Cl)cc(Cl)c1OCC=C(C)[C@H]1O[C@@H](Oc2ccc(C=C(C)C(=O)N[C@@H]3[C@H](O)[C@@H](O)[C@H]4OCO[C@H]4[C@@H]3O)cc2O)[C@@H](O)[C@@H]1O. The zero-order chi connectivity index (χ0) is 36.3. The number of hydrogen-bond acceptors (Lipinski definition) is 14. The third kappa shape index (κ3) is 8.18. The highest BCUT2D eigenvalue weighted by Crippen LogP contribution is 2.35. The zero-order valence-corrected chi connectivity index (χ0v) is 28.6. The van der Waals surface area contributed by atoms with E-state index in [9.17, 15) is 35.4 Å². The Kier molecular flexibility index (Phi) is 12.3. The van der Waals surface area contributed by atoms with Gasteiger partial charge in [0.15, 0.2) is 11.5 Å². The number of aliphatic hydroxyl groups excluding tert-OH is 5. The summed E-state index contributed by atoms with van der Waals surface area (Å²) in [6, 6.07) is 6.10. The second-order valence-corrected chi connectivity index (χ2v) is 12.8. The van der Waals surface area contributed by atoms with Crippen molar-refractivity contribution >= 4 is 41.4 Å². The Bertz CT molecular complexity index is 1640. The van der Waals surface area contributed by atoms with Gasteiger partial charge in [0.2, 0.25) is 12.2 Å². The van der Waals surface area contributed by atoms with Gasteiger partial charge in [-0.3, -0.25) is 4.79 Å². The van der Waals surface area contributed by atoms with Crippen molar-refractivity contribution in [3.63, 3.8) is 0 Å². The van der Waals surface area contributed by atoms with E-state index in [1.54, 1.807) is 19.1 Å². The van der Waals surface area contributed by atoms with E-state index in [0.717, 1.165) is 0 Å². The number of phenolic OH excluding ortho intramolecular Hbond substituents is 1. The minimum Gasteiger partial charge on any atom is -0.504 e. The molecule has 15 nitrogen and oxygen atoms in total. The maximum atomic E-state index is 12.9. The number of oxime groups is 1. The van der Waals surface area contributed by atoms with Crippen LogP contribution in [0.25, 0.3) is 6.08 Å². The van der Waals surface area contributed by atoms with Crippen LogP contribution in [0.2, 0.25) is 10.0 Å². The molecule has 3 aliphatic rings. The molecule has 0 spiro atoms. The maximum Gasteiger partial charge on any atom is 0.247 e. The molecule has 0 aromatic heterocycles. The minimum absolute atomic E-state index is 0.0105. The molecule has 2 saturated heterocycles. The van der Waals surface area contributed by atoms with Crippen molar-refractivity contribution in [2.75, 3.05) is 20.5 Å². The molecule has 2 aromatic carbocycles. The van der Waals surface area contributed by atoms with Crippen LogP contribution in [0.4, 0.5) is 0 Å². The molecule has 10 atom stereocenters. The van der Waals surface area contributed by atoms with Gasteiger partial charge in [0, 0.05) is 16.2 Å². The molecule has 1 amide bonds. The summed E-state index contributed by atoms with van der Waals surface area (Å²) in [6.07, 6.45) is -6.76. The van der Waals surface area contributed by atoms with Crippen molar-refractivity contribution < 1.29 is 64.0 Å². The van der Waals surface area contributed by atoms with Crippen LogP contribution in [-0.4, -0.2) is 124 Å². The molecule has 2 heterocycles. The molecule has 1 saturated carbocycles. The van der Waals surface area contributed by atoms with Crippen LogP contribution < -0.4 is 14.8 Å². The quantitative estimate of drug-likeness (QED) is 0.0748. The molecule has 50 heavy (non-hydrogen) atoms. The average Bonchev–Trinajstić information content (AvgIpc) is 3.68. The van der Waals surface area contributed by atoms with Crippen molar-refractivity contribution in [1.82, 2.24) is 5.32 Å². The Hall–Kier alpha value is -3.48. The smallest absolute Gasteiger partial charge is 0.247 e. The first-order valence-corrected chi connectivity index (χ1v) is 16.2. The highest BCUT2D eigenvalue weighted by Gasteiger charge is 2.53. The van der Waals surface area contributed by atoms with Crippen LogP contribution in [0, 0.1) is 0 Å². The van der Waals surface area contributed by atoms with Gasteiger partial charge in [-0.1, -0.05) is 34.4 Å². The first-order chi connectivity index (χ1) is 23.8.